The van der Waals surface area contributed by atoms with Crippen molar-refractivity contribution >= 4 is 21.4 Å². The Hall–Kier alpha value is -3.36. The molecule has 194 valence electrons. The molecule has 0 radical (unpaired) electrons. The van der Waals surface area contributed by atoms with E-state index in [1.54, 1.807) is 43.5 Å². The van der Waals surface area contributed by atoms with Crippen LogP contribution >= 0.6 is 0 Å². The molecule has 37 heavy (non-hydrogen) atoms. The average molecular weight is 520 g/mol. The van der Waals surface area contributed by atoms with E-state index in [4.69, 9.17) is 14.5 Å². The van der Waals surface area contributed by atoms with Crippen LogP contribution in [0.25, 0.3) is 0 Å². The van der Waals surface area contributed by atoms with Crippen LogP contribution in [0.1, 0.15) is 41.5 Å². The van der Waals surface area contributed by atoms with Gasteiger partial charge in [-0.05, 0) is 75.8 Å². The summed E-state index contributed by atoms with van der Waals surface area (Å²) in [7, 11) is 0.128. The molecule has 2 atom stereocenters. The van der Waals surface area contributed by atoms with E-state index < -0.39 is 10.0 Å². The van der Waals surface area contributed by atoms with Crippen LogP contribution in [0.2, 0.25) is 0 Å². The summed E-state index contributed by atoms with van der Waals surface area (Å²) in [5.41, 5.74) is 5.59. The predicted octanol–water partition coefficient (Wildman–Crippen LogP) is 4.84. The quantitative estimate of drug-likeness (QED) is 0.483. The number of aryl methyl sites for hydroxylation is 1. The summed E-state index contributed by atoms with van der Waals surface area (Å²) in [4.78, 5) is 7.80. The summed E-state index contributed by atoms with van der Waals surface area (Å²) in [6.45, 7) is 6.39. The van der Waals surface area contributed by atoms with Crippen molar-refractivity contribution in [2.45, 2.75) is 37.1 Å². The molecule has 0 spiro atoms. The zero-order valence-electron chi connectivity index (χ0n) is 21.7. The second-order valence-corrected chi connectivity index (χ2v) is 11.4. The minimum Gasteiger partial charge on any atom is -0.493 e. The molecule has 0 aromatic heterocycles. The zero-order chi connectivity index (χ0) is 26.2. The van der Waals surface area contributed by atoms with Gasteiger partial charge in [0.05, 0.1) is 30.4 Å². The summed E-state index contributed by atoms with van der Waals surface area (Å²) < 4.78 is 39.9. The Balaban J connectivity index is 1.49. The van der Waals surface area contributed by atoms with E-state index in [2.05, 4.69) is 22.7 Å². The smallest absolute Gasteiger partial charge is 0.261 e. The van der Waals surface area contributed by atoms with Gasteiger partial charge in [0, 0.05) is 29.3 Å². The zero-order valence-corrected chi connectivity index (χ0v) is 22.5. The van der Waals surface area contributed by atoms with Crippen LogP contribution in [0, 0.1) is 6.92 Å². The summed E-state index contributed by atoms with van der Waals surface area (Å²) >= 11 is 0. The number of fused-ring (bicyclic) bond motifs is 3. The molecule has 3 aromatic rings. The fourth-order valence-electron chi connectivity index (χ4n) is 5.17. The number of rotatable bonds is 7. The van der Waals surface area contributed by atoms with Crippen LogP contribution in [-0.4, -0.2) is 58.9 Å². The van der Waals surface area contributed by atoms with Crippen molar-refractivity contribution in [1.29, 1.82) is 0 Å². The van der Waals surface area contributed by atoms with Gasteiger partial charge in [-0.2, -0.15) is 0 Å². The highest BCUT2D eigenvalue weighted by molar-refractivity contribution is 7.92. The van der Waals surface area contributed by atoms with Crippen molar-refractivity contribution in [1.82, 2.24) is 4.90 Å². The number of nitrogens with zero attached hydrogens (tertiary/aromatic N) is 2. The Morgan fingerprint density at radius 1 is 1.05 bits per heavy atom. The number of sulfonamides is 1. The van der Waals surface area contributed by atoms with Crippen LogP contribution < -0.4 is 14.2 Å². The van der Waals surface area contributed by atoms with E-state index in [1.165, 1.54) is 5.56 Å². The fourth-order valence-corrected chi connectivity index (χ4v) is 6.23. The molecule has 2 heterocycles. The first-order valence-electron chi connectivity index (χ1n) is 12.6. The molecule has 1 saturated heterocycles. The SMILES string of the molecule is CCOc1cc2c(cc1OC)C(c1ccc(NS(=O)(=O)c3ccc(C)cc3)cc1)=NC1CCN(C)CC21. The van der Waals surface area contributed by atoms with Crippen molar-refractivity contribution in [2.24, 2.45) is 4.99 Å². The molecule has 7 nitrogen and oxygen atoms in total. The summed E-state index contributed by atoms with van der Waals surface area (Å²) in [6.07, 6.45) is 0.981. The molecule has 3 aromatic carbocycles. The fraction of sp³-hybridized carbons (Fsp3) is 0.345. The van der Waals surface area contributed by atoms with Crippen molar-refractivity contribution in [3.8, 4) is 11.5 Å². The summed E-state index contributed by atoms with van der Waals surface area (Å²) in [6, 6.07) is 18.6. The lowest BCUT2D eigenvalue weighted by Crippen LogP contribution is -2.41. The Kier molecular flexibility index (Phi) is 6.96. The normalized spacial score (nSPS) is 19.4. The minimum absolute atomic E-state index is 0.182. The molecule has 0 bridgehead atoms. The molecular weight excluding hydrogens is 486 g/mol. The number of anilines is 1. The molecule has 0 saturated carbocycles. The van der Waals surface area contributed by atoms with Gasteiger partial charge in [-0.1, -0.05) is 29.8 Å². The van der Waals surface area contributed by atoms with Gasteiger partial charge >= 0.3 is 0 Å². The first kappa shape index (κ1) is 25.3. The van der Waals surface area contributed by atoms with Gasteiger partial charge in [-0.3, -0.25) is 9.71 Å². The van der Waals surface area contributed by atoms with E-state index in [9.17, 15) is 8.42 Å². The maximum atomic E-state index is 12.8. The minimum atomic E-state index is -3.67. The average Bonchev–Trinajstić information content (AvgIpc) is 2.89. The number of piperidine rings is 1. The van der Waals surface area contributed by atoms with Gasteiger partial charge in [-0.25, -0.2) is 8.42 Å². The first-order valence-corrected chi connectivity index (χ1v) is 14.1. The molecular formula is C29H33N3O4S. The number of likely N-dealkylation sites (tertiary alicyclic amines) is 1. The number of aliphatic imine (C=N–C) groups is 1. The predicted molar refractivity (Wildman–Crippen MR) is 147 cm³/mol. The Labute approximate surface area is 219 Å². The number of ether oxygens (including phenoxy) is 2. The van der Waals surface area contributed by atoms with Crippen molar-refractivity contribution in [3.05, 3.63) is 82.9 Å². The highest BCUT2D eigenvalue weighted by atomic mass is 32.2. The molecule has 5 rings (SSSR count). The number of benzene rings is 3. The van der Waals surface area contributed by atoms with E-state index >= 15 is 0 Å². The Morgan fingerprint density at radius 2 is 1.78 bits per heavy atom. The van der Waals surface area contributed by atoms with E-state index in [-0.39, 0.29) is 16.9 Å². The van der Waals surface area contributed by atoms with Crippen LogP contribution in [0.3, 0.4) is 0 Å². The highest BCUT2D eigenvalue weighted by Crippen LogP contribution is 2.42. The Morgan fingerprint density at radius 3 is 2.46 bits per heavy atom. The van der Waals surface area contributed by atoms with Crippen molar-refractivity contribution < 1.29 is 17.9 Å². The molecule has 0 aliphatic carbocycles. The molecule has 8 heteroatoms. The number of hydrogen-bond acceptors (Lipinski definition) is 6. The lowest BCUT2D eigenvalue weighted by atomic mass is 9.79. The third-order valence-corrected chi connectivity index (χ3v) is 8.50. The number of nitrogens with one attached hydrogen (secondary N) is 1. The first-order chi connectivity index (χ1) is 17.8. The van der Waals surface area contributed by atoms with Crippen molar-refractivity contribution in [2.75, 3.05) is 38.6 Å². The van der Waals surface area contributed by atoms with Gasteiger partial charge in [0.25, 0.3) is 10.0 Å². The van der Waals surface area contributed by atoms with E-state index in [1.807, 2.05) is 32.0 Å². The molecule has 2 unspecified atom stereocenters. The largest absolute Gasteiger partial charge is 0.493 e. The second kappa shape index (κ2) is 10.2. The maximum absolute atomic E-state index is 12.8. The van der Waals surface area contributed by atoms with Crippen LogP contribution in [0.5, 0.6) is 11.5 Å². The third-order valence-electron chi connectivity index (χ3n) is 7.11. The van der Waals surface area contributed by atoms with Crippen molar-refractivity contribution in [3.63, 3.8) is 0 Å². The number of methoxy groups -OCH3 is 1. The third kappa shape index (κ3) is 5.08. The van der Waals surface area contributed by atoms with Gasteiger partial charge in [-0.15, -0.1) is 0 Å². The molecule has 2 aliphatic heterocycles. The molecule has 1 fully saturated rings. The molecule has 0 amide bonds. The lowest BCUT2D eigenvalue weighted by molar-refractivity contribution is 0.226. The highest BCUT2D eigenvalue weighted by Gasteiger charge is 2.36. The molecule has 1 N–H and O–H groups in total. The maximum Gasteiger partial charge on any atom is 0.261 e. The lowest BCUT2D eigenvalue weighted by Gasteiger charge is -2.39. The van der Waals surface area contributed by atoms with E-state index in [0.29, 0.717) is 18.0 Å². The topological polar surface area (TPSA) is 80.2 Å². The standard InChI is InChI=1S/C29H33N3O4S/c1-5-36-28-16-23-24(17-27(28)35-4)29(30-26-14-15-32(3)18-25(23)26)20-8-10-21(11-9-20)31-37(33,34)22-12-6-19(2)7-13-22/h6-13,16-17,25-26,31H,5,14-15,18H2,1-4H3. The van der Waals surface area contributed by atoms with Gasteiger partial charge in [0.1, 0.15) is 0 Å². The van der Waals surface area contributed by atoms with Gasteiger partial charge in [0.2, 0.25) is 0 Å². The Bertz CT molecular complexity index is 1420. The second-order valence-electron chi connectivity index (χ2n) is 9.72. The van der Waals surface area contributed by atoms with E-state index in [0.717, 1.165) is 47.7 Å². The van der Waals surface area contributed by atoms with Crippen LogP contribution in [-0.2, 0) is 10.0 Å². The van der Waals surface area contributed by atoms with Crippen LogP contribution in [0.15, 0.2) is 70.6 Å². The number of hydrogen-bond donors (Lipinski definition) is 1. The van der Waals surface area contributed by atoms with Crippen LogP contribution in [0.4, 0.5) is 5.69 Å². The van der Waals surface area contributed by atoms with Gasteiger partial charge < -0.3 is 14.4 Å². The monoisotopic (exact) mass is 519 g/mol. The van der Waals surface area contributed by atoms with Gasteiger partial charge in [0.15, 0.2) is 11.5 Å². The molecule has 2 aliphatic rings. The summed E-state index contributed by atoms with van der Waals surface area (Å²) in [5, 5.41) is 0. The number of likely N-dealkylation sites (N-methyl/N-ethyl adjacent to an activating group) is 1. The summed E-state index contributed by atoms with van der Waals surface area (Å²) in [5.74, 6) is 1.71.